The summed E-state index contributed by atoms with van der Waals surface area (Å²) in [5.74, 6) is 0.948. The minimum atomic E-state index is 0.212. The molecule has 0 aliphatic carbocycles. The molecule has 0 saturated carbocycles. The molecule has 5 heteroatoms. The predicted molar refractivity (Wildman–Crippen MR) is 74.4 cm³/mol. The number of nitrogen functional groups attached to an aromatic ring is 1. The van der Waals surface area contributed by atoms with Crippen molar-refractivity contribution in [3.05, 3.63) is 47.2 Å². The number of benzene rings is 1. The van der Waals surface area contributed by atoms with Crippen molar-refractivity contribution in [2.45, 2.75) is 0 Å². The predicted octanol–water partition coefficient (Wildman–Crippen LogP) is 3.05. The summed E-state index contributed by atoms with van der Waals surface area (Å²) >= 11 is 3.42. The summed E-state index contributed by atoms with van der Waals surface area (Å²) < 4.78 is 2.65. The number of fused-ring (bicyclic) bond motifs is 1. The van der Waals surface area contributed by atoms with Crippen molar-refractivity contribution >= 4 is 27.1 Å². The number of nitrogens with zero attached hydrogens (tertiary/aromatic N) is 2. The standard InChI is InChI=1S/C13H10BrN3O/c14-12-11-5-4-9(15)7-17(11)13(16-12)8-2-1-3-10(18)6-8/h1-7,18H,15H2. The first-order chi connectivity index (χ1) is 8.65. The zero-order valence-electron chi connectivity index (χ0n) is 9.34. The topological polar surface area (TPSA) is 63.5 Å². The van der Waals surface area contributed by atoms with Gasteiger partial charge in [-0.1, -0.05) is 12.1 Å². The number of aromatic hydroxyl groups is 1. The number of phenols is 1. The minimum Gasteiger partial charge on any atom is -0.508 e. The fourth-order valence-corrected chi connectivity index (χ4v) is 2.40. The molecule has 0 aliphatic rings. The SMILES string of the molecule is Nc1ccc2c(Br)nc(-c3cccc(O)c3)n2c1. The van der Waals surface area contributed by atoms with Gasteiger partial charge in [0, 0.05) is 17.4 Å². The molecule has 4 nitrogen and oxygen atoms in total. The van der Waals surface area contributed by atoms with E-state index in [0.29, 0.717) is 5.69 Å². The third-order valence-electron chi connectivity index (χ3n) is 2.72. The fourth-order valence-electron chi connectivity index (χ4n) is 1.91. The van der Waals surface area contributed by atoms with E-state index in [2.05, 4.69) is 20.9 Å². The number of imidazole rings is 1. The molecule has 2 heterocycles. The molecule has 18 heavy (non-hydrogen) atoms. The zero-order valence-corrected chi connectivity index (χ0v) is 10.9. The third kappa shape index (κ3) is 1.73. The third-order valence-corrected chi connectivity index (χ3v) is 3.30. The lowest BCUT2D eigenvalue weighted by atomic mass is 10.2. The Morgan fingerprint density at radius 2 is 2.06 bits per heavy atom. The number of anilines is 1. The Hall–Kier alpha value is -2.01. The average Bonchev–Trinajstić information content (AvgIpc) is 2.66. The maximum Gasteiger partial charge on any atom is 0.146 e. The van der Waals surface area contributed by atoms with Gasteiger partial charge in [0.05, 0.1) is 5.52 Å². The van der Waals surface area contributed by atoms with Crippen molar-refractivity contribution in [3.63, 3.8) is 0 Å². The lowest BCUT2D eigenvalue weighted by molar-refractivity contribution is 0.475. The fraction of sp³-hybridized carbons (Fsp3) is 0. The van der Waals surface area contributed by atoms with Crippen LogP contribution < -0.4 is 5.73 Å². The van der Waals surface area contributed by atoms with Crippen LogP contribution in [0.2, 0.25) is 0 Å². The van der Waals surface area contributed by atoms with Gasteiger partial charge in [0.1, 0.15) is 16.2 Å². The van der Waals surface area contributed by atoms with Crippen LogP contribution >= 0.6 is 15.9 Å². The summed E-state index contributed by atoms with van der Waals surface area (Å²) in [6.45, 7) is 0. The quantitative estimate of drug-likeness (QED) is 0.726. The highest BCUT2D eigenvalue weighted by atomic mass is 79.9. The highest BCUT2D eigenvalue weighted by molar-refractivity contribution is 9.10. The van der Waals surface area contributed by atoms with Gasteiger partial charge in [-0.2, -0.15) is 0 Å². The van der Waals surface area contributed by atoms with E-state index in [9.17, 15) is 5.11 Å². The number of hydrogen-bond donors (Lipinski definition) is 2. The molecule has 90 valence electrons. The van der Waals surface area contributed by atoms with E-state index in [1.165, 1.54) is 0 Å². The zero-order chi connectivity index (χ0) is 12.7. The molecule has 0 spiro atoms. The van der Waals surface area contributed by atoms with Crippen LogP contribution in [-0.4, -0.2) is 14.5 Å². The second-order valence-electron chi connectivity index (χ2n) is 3.99. The lowest BCUT2D eigenvalue weighted by Crippen LogP contribution is -1.92. The summed E-state index contributed by atoms with van der Waals surface area (Å²) in [5.41, 5.74) is 8.23. The smallest absolute Gasteiger partial charge is 0.146 e. The summed E-state index contributed by atoms with van der Waals surface area (Å²) in [4.78, 5) is 4.46. The number of phenolic OH excluding ortho intramolecular Hbond substituents is 1. The van der Waals surface area contributed by atoms with E-state index in [-0.39, 0.29) is 5.75 Å². The Kier molecular flexibility index (Phi) is 2.48. The van der Waals surface area contributed by atoms with Gasteiger partial charge in [0.15, 0.2) is 0 Å². The Bertz CT molecular complexity index is 736. The Balaban J connectivity index is 2.32. The molecule has 3 rings (SSSR count). The van der Waals surface area contributed by atoms with Gasteiger partial charge in [-0.05, 0) is 40.2 Å². The number of hydrogen-bond acceptors (Lipinski definition) is 3. The van der Waals surface area contributed by atoms with E-state index in [1.807, 2.05) is 28.8 Å². The van der Waals surface area contributed by atoms with Crippen molar-refractivity contribution in [3.8, 4) is 17.1 Å². The first kappa shape index (κ1) is 11.1. The Labute approximate surface area is 112 Å². The molecule has 0 bridgehead atoms. The highest BCUT2D eigenvalue weighted by Crippen LogP contribution is 2.28. The largest absolute Gasteiger partial charge is 0.508 e. The van der Waals surface area contributed by atoms with Crippen LogP contribution in [0.25, 0.3) is 16.9 Å². The average molecular weight is 304 g/mol. The van der Waals surface area contributed by atoms with Gasteiger partial charge in [-0.25, -0.2) is 4.98 Å². The summed E-state index contributed by atoms with van der Waals surface area (Å²) in [7, 11) is 0. The molecule has 0 saturated heterocycles. The molecule has 0 radical (unpaired) electrons. The van der Waals surface area contributed by atoms with Crippen LogP contribution in [-0.2, 0) is 0 Å². The Morgan fingerprint density at radius 3 is 2.83 bits per heavy atom. The van der Waals surface area contributed by atoms with Crippen LogP contribution in [0.3, 0.4) is 0 Å². The molecule has 2 aromatic heterocycles. The molecule has 3 N–H and O–H groups in total. The lowest BCUT2D eigenvalue weighted by Gasteiger charge is -2.02. The first-order valence-corrected chi connectivity index (χ1v) is 6.17. The molecule has 0 atom stereocenters. The Morgan fingerprint density at radius 1 is 1.22 bits per heavy atom. The summed E-state index contributed by atoms with van der Waals surface area (Å²) in [6, 6.07) is 10.7. The van der Waals surface area contributed by atoms with Gasteiger partial charge in [-0.3, -0.25) is 4.40 Å². The van der Waals surface area contributed by atoms with E-state index >= 15 is 0 Å². The first-order valence-electron chi connectivity index (χ1n) is 5.37. The molecule has 3 aromatic rings. The van der Waals surface area contributed by atoms with E-state index < -0.39 is 0 Å². The van der Waals surface area contributed by atoms with E-state index in [1.54, 1.807) is 18.2 Å². The van der Waals surface area contributed by atoms with Crippen molar-refractivity contribution in [2.24, 2.45) is 0 Å². The van der Waals surface area contributed by atoms with Crippen LogP contribution in [0.5, 0.6) is 5.75 Å². The van der Waals surface area contributed by atoms with Crippen LogP contribution in [0.4, 0.5) is 5.69 Å². The van der Waals surface area contributed by atoms with E-state index in [4.69, 9.17) is 5.73 Å². The van der Waals surface area contributed by atoms with Gasteiger partial charge in [-0.15, -0.1) is 0 Å². The van der Waals surface area contributed by atoms with Crippen molar-refractivity contribution in [2.75, 3.05) is 5.73 Å². The second kappa shape index (κ2) is 4.03. The monoisotopic (exact) mass is 303 g/mol. The molecule has 0 unspecified atom stereocenters. The number of nitrogens with two attached hydrogens (primary N) is 1. The molecule has 0 fully saturated rings. The van der Waals surface area contributed by atoms with E-state index in [0.717, 1.165) is 21.5 Å². The van der Waals surface area contributed by atoms with Crippen molar-refractivity contribution < 1.29 is 5.11 Å². The number of halogens is 1. The van der Waals surface area contributed by atoms with Crippen LogP contribution in [0.15, 0.2) is 47.2 Å². The maximum atomic E-state index is 9.53. The summed E-state index contributed by atoms with van der Waals surface area (Å²) in [5, 5.41) is 9.53. The normalized spacial score (nSPS) is 10.9. The highest BCUT2D eigenvalue weighted by Gasteiger charge is 2.11. The number of aromatic nitrogens is 2. The van der Waals surface area contributed by atoms with Crippen LogP contribution in [0.1, 0.15) is 0 Å². The summed E-state index contributed by atoms with van der Waals surface area (Å²) in [6.07, 6.45) is 1.81. The number of rotatable bonds is 1. The van der Waals surface area contributed by atoms with Crippen molar-refractivity contribution in [1.82, 2.24) is 9.38 Å². The van der Waals surface area contributed by atoms with Crippen LogP contribution in [0, 0.1) is 0 Å². The number of pyridine rings is 1. The molecular weight excluding hydrogens is 294 g/mol. The van der Waals surface area contributed by atoms with Gasteiger partial charge >= 0.3 is 0 Å². The second-order valence-corrected chi connectivity index (χ2v) is 4.75. The molecule has 1 aromatic carbocycles. The molecular formula is C13H10BrN3O. The molecule has 0 amide bonds. The van der Waals surface area contributed by atoms with Gasteiger partial charge in [0.2, 0.25) is 0 Å². The van der Waals surface area contributed by atoms with Crippen molar-refractivity contribution in [1.29, 1.82) is 0 Å². The maximum absolute atomic E-state index is 9.53. The molecule has 0 aliphatic heterocycles. The van der Waals surface area contributed by atoms with Gasteiger partial charge in [0.25, 0.3) is 0 Å². The minimum absolute atomic E-state index is 0.212. The van der Waals surface area contributed by atoms with Gasteiger partial charge < -0.3 is 10.8 Å².